The van der Waals surface area contributed by atoms with Gasteiger partial charge in [-0.15, -0.1) is 0 Å². The minimum Gasteiger partial charge on any atom is -0.492 e. The molecule has 2 aromatic heterocycles. The summed E-state index contributed by atoms with van der Waals surface area (Å²) in [5, 5.41) is 1.05. The SMILES string of the molecule is Cc1cc(C)cc(-c2cnc3cc(Cl)c(-c4c[nH]c(=O)[nH]c4=O)cc3c2OCCCN)c1. The topological polar surface area (TPSA) is 114 Å². The number of pyridine rings is 1. The Labute approximate surface area is 189 Å². The molecule has 0 amide bonds. The van der Waals surface area contributed by atoms with Crippen LogP contribution in [0, 0.1) is 13.8 Å². The van der Waals surface area contributed by atoms with Crippen LogP contribution in [0.15, 0.2) is 52.3 Å². The van der Waals surface area contributed by atoms with Crippen molar-refractivity contribution in [2.24, 2.45) is 5.73 Å². The Kier molecular flexibility index (Phi) is 6.12. The molecule has 164 valence electrons. The Hall–Kier alpha value is -3.42. The number of fused-ring (bicyclic) bond motifs is 1. The van der Waals surface area contributed by atoms with Crippen LogP contribution in [0.25, 0.3) is 33.2 Å². The van der Waals surface area contributed by atoms with Gasteiger partial charge in [0.1, 0.15) is 5.75 Å². The minimum absolute atomic E-state index is 0.251. The van der Waals surface area contributed by atoms with Gasteiger partial charge in [-0.25, -0.2) is 4.79 Å². The summed E-state index contributed by atoms with van der Waals surface area (Å²) < 4.78 is 6.20. The molecule has 0 aliphatic carbocycles. The average molecular weight is 451 g/mol. The van der Waals surface area contributed by atoms with E-state index in [2.05, 4.69) is 33.2 Å². The number of nitrogens with zero attached hydrogens (tertiary/aromatic N) is 1. The van der Waals surface area contributed by atoms with Gasteiger partial charge in [0, 0.05) is 28.9 Å². The van der Waals surface area contributed by atoms with Gasteiger partial charge in [-0.05, 0) is 44.5 Å². The normalized spacial score (nSPS) is 11.1. The Balaban J connectivity index is 1.99. The molecule has 4 N–H and O–H groups in total. The number of aryl methyl sites for hydroxylation is 2. The lowest BCUT2D eigenvalue weighted by atomic mass is 9.98. The molecule has 0 unspecified atom stereocenters. The zero-order chi connectivity index (χ0) is 22.8. The van der Waals surface area contributed by atoms with E-state index in [9.17, 15) is 9.59 Å². The molecule has 0 bridgehead atoms. The largest absolute Gasteiger partial charge is 0.492 e. The molecule has 32 heavy (non-hydrogen) atoms. The van der Waals surface area contributed by atoms with Crippen LogP contribution < -0.4 is 21.7 Å². The zero-order valence-corrected chi connectivity index (χ0v) is 18.5. The summed E-state index contributed by atoms with van der Waals surface area (Å²) in [5.41, 5.74) is 9.99. The highest BCUT2D eigenvalue weighted by Crippen LogP contribution is 2.40. The van der Waals surface area contributed by atoms with Gasteiger partial charge in [-0.1, -0.05) is 40.9 Å². The van der Waals surface area contributed by atoms with Crippen LogP contribution in [0.1, 0.15) is 17.5 Å². The second-order valence-electron chi connectivity index (χ2n) is 7.70. The number of H-pyrrole nitrogens is 2. The average Bonchev–Trinajstić information content (AvgIpc) is 2.73. The van der Waals surface area contributed by atoms with Crippen molar-refractivity contribution < 1.29 is 4.74 Å². The summed E-state index contributed by atoms with van der Waals surface area (Å²) in [4.78, 5) is 33.2. The van der Waals surface area contributed by atoms with Crippen molar-refractivity contribution in [3.8, 4) is 28.0 Å². The van der Waals surface area contributed by atoms with E-state index in [4.69, 9.17) is 22.1 Å². The lowest BCUT2D eigenvalue weighted by Gasteiger charge is -2.16. The van der Waals surface area contributed by atoms with E-state index < -0.39 is 11.2 Å². The number of aromatic amines is 2. The van der Waals surface area contributed by atoms with Crippen molar-refractivity contribution in [2.45, 2.75) is 20.3 Å². The maximum Gasteiger partial charge on any atom is 0.325 e. The molecule has 0 spiro atoms. The lowest BCUT2D eigenvalue weighted by molar-refractivity contribution is 0.318. The molecule has 0 saturated heterocycles. The van der Waals surface area contributed by atoms with Crippen molar-refractivity contribution in [1.29, 1.82) is 0 Å². The van der Waals surface area contributed by atoms with Crippen molar-refractivity contribution in [3.63, 3.8) is 0 Å². The zero-order valence-electron chi connectivity index (χ0n) is 17.8. The maximum atomic E-state index is 12.4. The fraction of sp³-hybridized carbons (Fsp3) is 0.208. The summed E-state index contributed by atoms with van der Waals surface area (Å²) in [5.74, 6) is 0.646. The molecule has 4 rings (SSSR count). The van der Waals surface area contributed by atoms with Crippen LogP contribution in [0.3, 0.4) is 0 Å². The fourth-order valence-corrected chi connectivity index (χ4v) is 4.01. The number of rotatable bonds is 6. The number of hydrogen-bond donors (Lipinski definition) is 3. The number of nitrogens with one attached hydrogen (secondary N) is 2. The minimum atomic E-state index is -0.583. The molecule has 8 heteroatoms. The highest BCUT2D eigenvalue weighted by molar-refractivity contribution is 6.34. The van der Waals surface area contributed by atoms with E-state index in [0.29, 0.717) is 46.8 Å². The van der Waals surface area contributed by atoms with E-state index in [1.165, 1.54) is 6.20 Å². The fourth-order valence-electron chi connectivity index (χ4n) is 3.75. The summed E-state index contributed by atoms with van der Waals surface area (Å²) >= 11 is 6.48. The molecule has 0 atom stereocenters. The van der Waals surface area contributed by atoms with E-state index in [-0.39, 0.29) is 5.56 Å². The highest BCUT2D eigenvalue weighted by Gasteiger charge is 2.17. The number of nitrogens with two attached hydrogens (primary N) is 1. The number of halogens is 1. The first-order valence-corrected chi connectivity index (χ1v) is 10.6. The molecule has 2 aromatic carbocycles. The second-order valence-corrected chi connectivity index (χ2v) is 8.11. The number of aromatic nitrogens is 3. The molecule has 0 aliphatic heterocycles. The van der Waals surface area contributed by atoms with Crippen molar-refractivity contribution in [1.82, 2.24) is 15.0 Å². The van der Waals surface area contributed by atoms with Gasteiger partial charge in [0.15, 0.2) is 0 Å². The quantitative estimate of drug-likeness (QED) is 0.385. The Morgan fingerprint density at radius 3 is 2.47 bits per heavy atom. The third-order valence-electron chi connectivity index (χ3n) is 5.14. The first-order valence-electron chi connectivity index (χ1n) is 10.2. The Bertz CT molecular complexity index is 1410. The summed E-state index contributed by atoms with van der Waals surface area (Å²) in [6.07, 6.45) is 3.82. The summed E-state index contributed by atoms with van der Waals surface area (Å²) in [7, 11) is 0. The predicted molar refractivity (Wildman–Crippen MR) is 128 cm³/mol. The highest BCUT2D eigenvalue weighted by atomic mass is 35.5. The molecular formula is C24H23ClN4O3. The van der Waals surface area contributed by atoms with Crippen LogP contribution in [0.5, 0.6) is 5.75 Å². The van der Waals surface area contributed by atoms with Gasteiger partial charge in [-0.3, -0.25) is 14.8 Å². The van der Waals surface area contributed by atoms with Crippen molar-refractivity contribution >= 4 is 22.5 Å². The number of ether oxygens (including phenoxy) is 1. The standard InChI is InChI=1S/C24H23ClN4O3/c1-13-6-14(2)8-15(7-13)18-11-27-21-10-20(25)16(19-12-28-24(31)29-23(19)30)9-17(21)22(18)32-5-3-4-26/h6-12H,3-5,26H2,1-2H3,(H2,28,29,30,31). The third-order valence-corrected chi connectivity index (χ3v) is 5.46. The van der Waals surface area contributed by atoms with Crippen LogP contribution in [0.4, 0.5) is 0 Å². The number of benzene rings is 2. The van der Waals surface area contributed by atoms with Gasteiger partial charge >= 0.3 is 5.69 Å². The predicted octanol–water partition coefficient (Wildman–Crippen LogP) is 3.94. The second kappa shape index (κ2) is 8.98. The first-order chi connectivity index (χ1) is 15.4. The molecule has 7 nitrogen and oxygen atoms in total. The van der Waals surface area contributed by atoms with Gasteiger partial charge in [-0.2, -0.15) is 0 Å². The summed E-state index contributed by atoms with van der Waals surface area (Å²) in [6.45, 7) is 5.02. The van der Waals surface area contributed by atoms with E-state index in [1.807, 2.05) is 13.8 Å². The van der Waals surface area contributed by atoms with Crippen molar-refractivity contribution in [2.75, 3.05) is 13.2 Å². The van der Waals surface area contributed by atoms with Gasteiger partial charge in [0.25, 0.3) is 5.56 Å². The smallest absolute Gasteiger partial charge is 0.325 e. The number of hydrogen-bond acceptors (Lipinski definition) is 5. The van der Waals surface area contributed by atoms with E-state index in [0.717, 1.165) is 22.3 Å². The van der Waals surface area contributed by atoms with Crippen LogP contribution in [-0.2, 0) is 0 Å². The van der Waals surface area contributed by atoms with Crippen molar-refractivity contribution in [3.05, 3.63) is 79.7 Å². The Morgan fingerprint density at radius 2 is 1.78 bits per heavy atom. The first kappa shape index (κ1) is 21.8. The van der Waals surface area contributed by atoms with E-state index >= 15 is 0 Å². The van der Waals surface area contributed by atoms with Gasteiger partial charge < -0.3 is 15.5 Å². The van der Waals surface area contributed by atoms with Crippen LogP contribution in [-0.4, -0.2) is 28.1 Å². The molecule has 0 radical (unpaired) electrons. The molecular weight excluding hydrogens is 428 g/mol. The monoisotopic (exact) mass is 450 g/mol. The van der Waals surface area contributed by atoms with E-state index in [1.54, 1.807) is 18.3 Å². The van der Waals surface area contributed by atoms with Gasteiger partial charge in [0.2, 0.25) is 0 Å². The summed E-state index contributed by atoms with van der Waals surface area (Å²) in [6, 6.07) is 9.73. The lowest BCUT2D eigenvalue weighted by Crippen LogP contribution is -2.22. The Morgan fingerprint density at radius 1 is 1.03 bits per heavy atom. The van der Waals surface area contributed by atoms with Gasteiger partial charge in [0.05, 0.1) is 22.7 Å². The molecule has 0 saturated carbocycles. The van der Waals surface area contributed by atoms with Crippen LogP contribution >= 0.6 is 11.6 Å². The molecule has 4 aromatic rings. The molecule has 2 heterocycles. The molecule has 0 aliphatic rings. The molecule has 0 fully saturated rings. The third kappa shape index (κ3) is 4.30. The van der Waals surface area contributed by atoms with Crippen LogP contribution in [0.2, 0.25) is 5.02 Å². The maximum absolute atomic E-state index is 12.4.